The van der Waals surface area contributed by atoms with Gasteiger partial charge in [0.1, 0.15) is 34.6 Å². The van der Waals surface area contributed by atoms with E-state index in [9.17, 15) is 27.6 Å². The van der Waals surface area contributed by atoms with E-state index in [0.717, 1.165) is 34.9 Å². The molecule has 7 rings (SSSR count). The Bertz CT molecular complexity index is 2040. The van der Waals surface area contributed by atoms with Crippen LogP contribution in [0.25, 0.3) is 10.9 Å². The highest BCUT2D eigenvalue weighted by molar-refractivity contribution is 7.91. The van der Waals surface area contributed by atoms with Gasteiger partial charge in [-0.2, -0.15) is 0 Å². The molecule has 1 aromatic heterocycles. The van der Waals surface area contributed by atoms with Gasteiger partial charge in [0.15, 0.2) is 0 Å². The highest BCUT2D eigenvalue weighted by Crippen LogP contribution is 2.49. The number of aromatic nitrogens is 1. The number of hydrogen-bond acceptors (Lipinski definition) is 9. The second kappa shape index (κ2) is 13.5. The molecule has 2 aliphatic carbocycles. The molecule has 3 fully saturated rings. The number of benzene rings is 1. The first kappa shape index (κ1) is 38.1. The van der Waals surface area contributed by atoms with Gasteiger partial charge in [0.05, 0.1) is 22.5 Å². The van der Waals surface area contributed by atoms with Crippen LogP contribution in [0.3, 0.4) is 0 Å². The van der Waals surface area contributed by atoms with E-state index in [1.165, 1.54) is 4.90 Å². The molecular weight excluding hydrogens is 711 g/mol. The minimum Gasteiger partial charge on any atom is -0.483 e. The zero-order valence-corrected chi connectivity index (χ0v) is 33.0. The van der Waals surface area contributed by atoms with E-state index in [0.29, 0.717) is 56.4 Å². The molecule has 0 bridgehead atoms. The number of ether oxygens (including phenoxy) is 2. The molecule has 3 aliphatic heterocycles. The maximum absolute atomic E-state index is 14.7. The fourth-order valence-corrected chi connectivity index (χ4v) is 9.57. The average Bonchev–Trinajstić information content (AvgIpc) is 3.98. The van der Waals surface area contributed by atoms with E-state index in [2.05, 4.69) is 21.4 Å². The largest absolute Gasteiger partial charge is 0.483 e. The molecule has 4 heterocycles. The Balaban J connectivity index is 1.24. The van der Waals surface area contributed by atoms with Crippen molar-refractivity contribution in [2.45, 2.75) is 146 Å². The number of amides is 4. The van der Waals surface area contributed by atoms with E-state index in [1.54, 1.807) is 27.7 Å². The fourth-order valence-electron chi connectivity index (χ4n) is 8.26. The molecule has 13 nitrogen and oxygen atoms in total. The number of fused-ring (bicyclic) bond motifs is 5. The molecular formula is C40H53N5O8S. The Morgan fingerprint density at radius 2 is 1.83 bits per heavy atom. The number of alkyl carbamates (subject to hydrolysis) is 1. The lowest BCUT2D eigenvalue weighted by Gasteiger charge is -2.37. The van der Waals surface area contributed by atoms with Crippen molar-refractivity contribution >= 4 is 44.7 Å². The van der Waals surface area contributed by atoms with Crippen molar-refractivity contribution in [3.05, 3.63) is 47.2 Å². The highest BCUT2D eigenvalue weighted by Gasteiger charge is 2.64. The Morgan fingerprint density at radius 1 is 1.07 bits per heavy atom. The summed E-state index contributed by atoms with van der Waals surface area (Å²) in [4.78, 5) is 62.7. The van der Waals surface area contributed by atoms with Crippen LogP contribution in [0, 0.1) is 19.8 Å². The number of carbonyl (C=O) groups excluding carboxylic acids is 4. The van der Waals surface area contributed by atoms with Crippen LogP contribution in [-0.4, -0.2) is 82.2 Å². The molecule has 1 aromatic carbocycles. The molecule has 5 atom stereocenters. The quantitative estimate of drug-likeness (QED) is 0.370. The molecule has 2 aromatic rings. The number of hydrogen-bond donors (Lipinski definition) is 3. The summed E-state index contributed by atoms with van der Waals surface area (Å²) < 4.78 is 40.1. The molecule has 4 amide bonds. The lowest BCUT2D eigenvalue weighted by molar-refractivity contribution is -0.141. The van der Waals surface area contributed by atoms with Gasteiger partial charge in [-0.25, -0.2) is 18.2 Å². The molecule has 0 radical (unpaired) electrons. The standard InChI is InChI=1S/C40H53N5O8S/c1-24-14-15-29-28(20-24)27-16-17-39(52-32(27)25(2)41-29)22-31-33(46)43-40(35(48)44-54(50,51)38(6)18-19-38)21-26(40)12-10-8-7-9-11-13-30(34(47)45(31)23-39)42-36(49)53-37(3,4)5/h10,12,14-15,20,26,30-31H,7-9,11,13,16-19,21-23H2,1-6H3,(H,42,49)(H,43,46)(H,44,48). The molecule has 1 spiro atoms. The molecule has 5 aliphatic rings. The predicted octanol–water partition coefficient (Wildman–Crippen LogP) is 4.80. The van der Waals surface area contributed by atoms with E-state index in [4.69, 9.17) is 14.5 Å². The number of sulfonamides is 1. The van der Waals surface area contributed by atoms with Crippen LogP contribution in [0.4, 0.5) is 4.79 Å². The lowest BCUT2D eigenvalue weighted by atomic mass is 9.87. The summed E-state index contributed by atoms with van der Waals surface area (Å²) in [6.07, 6.45) is 8.79. The van der Waals surface area contributed by atoms with Crippen molar-refractivity contribution in [3.63, 3.8) is 0 Å². The Morgan fingerprint density at radius 3 is 2.56 bits per heavy atom. The summed E-state index contributed by atoms with van der Waals surface area (Å²) >= 11 is 0. The number of nitrogens with one attached hydrogen (secondary N) is 3. The summed E-state index contributed by atoms with van der Waals surface area (Å²) in [5.74, 6) is -1.58. The average molecular weight is 764 g/mol. The van der Waals surface area contributed by atoms with Gasteiger partial charge < -0.3 is 25.0 Å². The van der Waals surface area contributed by atoms with Gasteiger partial charge in [0.2, 0.25) is 21.8 Å². The van der Waals surface area contributed by atoms with Gasteiger partial charge in [0, 0.05) is 23.3 Å². The van der Waals surface area contributed by atoms with E-state index >= 15 is 0 Å². The van der Waals surface area contributed by atoms with E-state index < -0.39 is 73.3 Å². The predicted molar refractivity (Wildman–Crippen MR) is 202 cm³/mol. The maximum atomic E-state index is 14.7. The summed E-state index contributed by atoms with van der Waals surface area (Å²) in [5, 5.41) is 6.75. The number of rotatable bonds is 4. The van der Waals surface area contributed by atoms with Crippen molar-refractivity contribution in [3.8, 4) is 5.75 Å². The molecule has 292 valence electrons. The Kier molecular flexibility index (Phi) is 9.54. The lowest BCUT2D eigenvalue weighted by Crippen LogP contribution is -2.58. The number of allylic oxidation sites excluding steroid dienone is 1. The number of carbonyl (C=O) groups is 4. The van der Waals surface area contributed by atoms with E-state index in [1.807, 2.05) is 38.1 Å². The summed E-state index contributed by atoms with van der Waals surface area (Å²) in [6, 6.07) is 4.07. The first-order valence-corrected chi connectivity index (χ1v) is 20.8. The third-order valence-electron chi connectivity index (χ3n) is 11.8. The van der Waals surface area contributed by atoms with Crippen LogP contribution in [-0.2, 0) is 35.6 Å². The molecule has 3 N–H and O–H groups in total. The first-order chi connectivity index (χ1) is 25.3. The van der Waals surface area contributed by atoms with Crippen molar-refractivity contribution in [1.29, 1.82) is 0 Å². The Labute approximate surface area is 317 Å². The van der Waals surface area contributed by atoms with Crippen LogP contribution in [0.1, 0.15) is 109 Å². The fraction of sp³-hybridized carbons (Fsp3) is 0.625. The van der Waals surface area contributed by atoms with Crippen LogP contribution in [0.5, 0.6) is 5.75 Å². The van der Waals surface area contributed by atoms with Gasteiger partial charge in [-0.15, -0.1) is 0 Å². The second-order valence-corrected chi connectivity index (χ2v) is 19.6. The van der Waals surface area contributed by atoms with Crippen LogP contribution in [0.2, 0.25) is 0 Å². The molecule has 5 unspecified atom stereocenters. The zero-order valence-electron chi connectivity index (χ0n) is 32.2. The minimum atomic E-state index is -3.98. The van der Waals surface area contributed by atoms with Gasteiger partial charge in [0.25, 0.3) is 5.91 Å². The van der Waals surface area contributed by atoms with Crippen molar-refractivity contribution < 1.29 is 37.1 Å². The maximum Gasteiger partial charge on any atom is 0.408 e. The number of pyridine rings is 1. The van der Waals surface area contributed by atoms with Crippen molar-refractivity contribution in [2.24, 2.45) is 5.92 Å². The van der Waals surface area contributed by atoms with Crippen LogP contribution in [0.15, 0.2) is 30.4 Å². The number of aryl methyl sites for hydroxylation is 3. The second-order valence-electron chi connectivity index (χ2n) is 17.4. The number of nitrogens with zero attached hydrogens (tertiary/aromatic N) is 2. The smallest absolute Gasteiger partial charge is 0.408 e. The third-order valence-corrected chi connectivity index (χ3v) is 14.0. The van der Waals surface area contributed by atoms with Gasteiger partial charge in [-0.05, 0) is 105 Å². The van der Waals surface area contributed by atoms with Gasteiger partial charge in [-0.1, -0.05) is 36.6 Å². The topological polar surface area (TPSA) is 173 Å². The summed E-state index contributed by atoms with van der Waals surface area (Å²) in [7, 11) is -3.98. The third kappa shape index (κ3) is 7.29. The van der Waals surface area contributed by atoms with Crippen LogP contribution < -0.4 is 20.1 Å². The molecule has 14 heteroatoms. The summed E-state index contributed by atoms with van der Waals surface area (Å²) in [6.45, 7) is 10.8. The Hall–Kier alpha value is -4.20. The van der Waals surface area contributed by atoms with E-state index in [-0.39, 0.29) is 19.4 Å². The normalized spacial score (nSPS) is 29.4. The molecule has 2 saturated carbocycles. The van der Waals surface area contributed by atoms with Crippen molar-refractivity contribution in [2.75, 3.05) is 6.54 Å². The van der Waals surface area contributed by atoms with Crippen LogP contribution >= 0.6 is 0 Å². The molecule has 54 heavy (non-hydrogen) atoms. The highest BCUT2D eigenvalue weighted by atomic mass is 32.2. The van der Waals surface area contributed by atoms with Crippen molar-refractivity contribution in [1.82, 2.24) is 25.2 Å². The molecule has 1 saturated heterocycles. The first-order valence-electron chi connectivity index (χ1n) is 19.3. The summed E-state index contributed by atoms with van der Waals surface area (Å²) in [5.41, 5.74) is 0.455. The minimum absolute atomic E-state index is 0.0659. The zero-order chi connectivity index (χ0) is 38.8. The van der Waals surface area contributed by atoms with Gasteiger partial charge in [-0.3, -0.25) is 19.1 Å². The SMILES string of the molecule is Cc1ccc2nc(C)c3c(c2c1)CCC1(CC2C(=O)NC4(C(=O)NS(=O)(=O)C5(C)CC5)CC4C=CCCCCCC(NC(=O)OC(C)(C)C)C(=O)N2C1)O3. The van der Waals surface area contributed by atoms with Gasteiger partial charge >= 0.3 is 6.09 Å². The monoisotopic (exact) mass is 763 g/mol.